The minimum absolute atomic E-state index is 0.151. The van der Waals surface area contributed by atoms with Crippen LogP contribution >= 0.6 is 0 Å². The zero-order valence-corrected chi connectivity index (χ0v) is 15.0. The van der Waals surface area contributed by atoms with Gasteiger partial charge >= 0.3 is 0 Å². The molecule has 0 spiro atoms. The number of aliphatic hydroxyl groups excluding tert-OH is 3. The highest BCUT2D eigenvalue weighted by Gasteiger charge is 2.61. The lowest BCUT2D eigenvalue weighted by Crippen LogP contribution is -2.51. The van der Waals surface area contributed by atoms with Gasteiger partial charge in [-0.1, -0.05) is 0 Å². The quantitative estimate of drug-likeness (QED) is 0.338. The number of aromatic nitrogens is 6. The van der Waals surface area contributed by atoms with E-state index in [0.717, 1.165) is 0 Å². The van der Waals surface area contributed by atoms with Gasteiger partial charge in [0.05, 0.1) is 25.0 Å². The summed E-state index contributed by atoms with van der Waals surface area (Å²) in [5, 5.41) is 31.3. The fourth-order valence-corrected chi connectivity index (χ4v) is 3.62. The maximum absolute atomic E-state index is 11.1. The minimum atomic E-state index is -1.71. The first-order valence-corrected chi connectivity index (χ1v) is 8.73. The number of hydrogen-bond donors (Lipinski definition) is 5. The Balaban J connectivity index is 1.98. The molecule has 0 saturated carbocycles. The summed E-state index contributed by atoms with van der Waals surface area (Å²) in [5.41, 5.74) is 5.18. The van der Waals surface area contributed by atoms with Gasteiger partial charge in [0, 0.05) is 12.8 Å². The molecule has 3 aromatic rings. The van der Waals surface area contributed by atoms with Gasteiger partial charge in [-0.15, -0.1) is 0 Å². The summed E-state index contributed by atoms with van der Waals surface area (Å²) in [4.78, 5) is 19.4. The van der Waals surface area contributed by atoms with E-state index in [1.54, 1.807) is 13.1 Å². The van der Waals surface area contributed by atoms with E-state index in [1.807, 2.05) is 0 Å². The van der Waals surface area contributed by atoms with E-state index in [-0.39, 0.29) is 18.1 Å². The molecule has 12 nitrogen and oxygen atoms in total. The molecule has 150 valence electrons. The SMILES string of the molecule is CCOC(c1c[nH]cn1)[C@@]1(n2cnc3c(N)ncnc32)O[C@H](CO)[C@@H](O)[C@H]1O. The van der Waals surface area contributed by atoms with Crippen molar-refractivity contribution in [2.24, 2.45) is 0 Å². The molecule has 1 aliphatic rings. The summed E-state index contributed by atoms with van der Waals surface area (Å²) in [6.45, 7) is 1.53. The standard InChI is InChI=1S/C16H21N7O5/c1-2-27-13(8-3-18-5-19-8)16(12(26)11(25)9(4-24)28-16)23-7-22-10-14(17)20-6-21-15(10)23/h3,5-7,9,11-13,24-26H,2,4H2,1H3,(H,18,19)(H2,17,20,21)/t9-,11-,12-,13?,16+/m1/s1. The Morgan fingerprint density at radius 1 is 1.36 bits per heavy atom. The zero-order chi connectivity index (χ0) is 19.9. The van der Waals surface area contributed by atoms with Crippen molar-refractivity contribution in [1.29, 1.82) is 0 Å². The number of hydrogen-bond acceptors (Lipinski definition) is 10. The summed E-state index contributed by atoms with van der Waals surface area (Å²) in [7, 11) is 0. The molecule has 0 amide bonds. The lowest BCUT2D eigenvalue weighted by Gasteiger charge is -2.39. The Kier molecular flexibility index (Phi) is 4.72. The van der Waals surface area contributed by atoms with E-state index in [1.165, 1.54) is 23.5 Å². The summed E-state index contributed by atoms with van der Waals surface area (Å²) in [6.07, 6.45) is 0.795. The van der Waals surface area contributed by atoms with Gasteiger partial charge in [-0.3, -0.25) is 4.57 Å². The van der Waals surface area contributed by atoms with Crippen molar-refractivity contribution in [3.63, 3.8) is 0 Å². The van der Waals surface area contributed by atoms with Crippen LogP contribution in [0, 0.1) is 0 Å². The first-order valence-electron chi connectivity index (χ1n) is 8.73. The van der Waals surface area contributed by atoms with Crippen LogP contribution in [0.2, 0.25) is 0 Å². The number of fused-ring (bicyclic) bond motifs is 1. The number of ether oxygens (including phenoxy) is 2. The van der Waals surface area contributed by atoms with Gasteiger partial charge in [0.1, 0.15) is 30.2 Å². The second-order valence-corrected chi connectivity index (χ2v) is 6.40. The van der Waals surface area contributed by atoms with E-state index < -0.39 is 36.7 Å². The van der Waals surface area contributed by atoms with Crippen LogP contribution in [0.4, 0.5) is 5.82 Å². The molecular weight excluding hydrogens is 370 g/mol. The number of H-pyrrole nitrogens is 1. The van der Waals surface area contributed by atoms with Crippen LogP contribution in [-0.2, 0) is 15.2 Å². The average Bonchev–Trinajstić information content (AvgIpc) is 3.42. The van der Waals surface area contributed by atoms with E-state index in [2.05, 4.69) is 24.9 Å². The highest BCUT2D eigenvalue weighted by molar-refractivity contribution is 5.81. The van der Waals surface area contributed by atoms with Crippen LogP contribution in [0.1, 0.15) is 18.7 Å². The molecule has 6 N–H and O–H groups in total. The molecule has 4 heterocycles. The molecule has 3 aromatic heterocycles. The zero-order valence-electron chi connectivity index (χ0n) is 15.0. The van der Waals surface area contributed by atoms with Gasteiger partial charge in [0.25, 0.3) is 0 Å². The average molecular weight is 391 g/mol. The van der Waals surface area contributed by atoms with Crippen molar-refractivity contribution in [3.8, 4) is 0 Å². The minimum Gasteiger partial charge on any atom is -0.394 e. The topological polar surface area (TPSA) is 177 Å². The van der Waals surface area contributed by atoms with Crippen LogP contribution in [0.3, 0.4) is 0 Å². The number of anilines is 1. The van der Waals surface area contributed by atoms with Gasteiger partial charge in [-0.25, -0.2) is 19.9 Å². The Labute approximate surface area is 159 Å². The van der Waals surface area contributed by atoms with Crippen LogP contribution in [-0.4, -0.2) is 76.3 Å². The predicted octanol–water partition coefficient (Wildman–Crippen LogP) is -1.32. The van der Waals surface area contributed by atoms with Crippen molar-refractivity contribution in [1.82, 2.24) is 29.5 Å². The van der Waals surface area contributed by atoms with Crippen LogP contribution in [0.5, 0.6) is 0 Å². The third kappa shape index (κ3) is 2.57. The van der Waals surface area contributed by atoms with E-state index in [4.69, 9.17) is 15.2 Å². The third-order valence-corrected chi connectivity index (χ3v) is 4.88. The number of imidazole rings is 2. The first kappa shape index (κ1) is 18.7. The smallest absolute Gasteiger partial charge is 0.209 e. The van der Waals surface area contributed by atoms with Gasteiger partial charge in [-0.05, 0) is 6.92 Å². The number of nitrogen functional groups attached to an aromatic ring is 1. The molecule has 0 aliphatic carbocycles. The maximum atomic E-state index is 11.1. The molecule has 0 aromatic carbocycles. The molecule has 1 unspecified atom stereocenters. The Bertz CT molecular complexity index is 948. The number of nitrogens with two attached hydrogens (primary N) is 1. The molecule has 12 heteroatoms. The van der Waals surface area contributed by atoms with Crippen molar-refractivity contribution in [3.05, 3.63) is 30.9 Å². The van der Waals surface area contributed by atoms with Crippen molar-refractivity contribution in [2.75, 3.05) is 18.9 Å². The summed E-state index contributed by atoms with van der Waals surface area (Å²) < 4.78 is 13.4. The van der Waals surface area contributed by atoms with E-state index in [9.17, 15) is 15.3 Å². The van der Waals surface area contributed by atoms with Gasteiger partial charge in [0.15, 0.2) is 17.6 Å². The van der Waals surface area contributed by atoms with Gasteiger partial charge in [-0.2, -0.15) is 0 Å². The molecule has 1 fully saturated rings. The predicted molar refractivity (Wildman–Crippen MR) is 94.6 cm³/mol. The summed E-state index contributed by atoms with van der Waals surface area (Å²) in [5.74, 6) is 0.151. The lowest BCUT2D eigenvalue weighted by molar-refractivity contribution is -0.223. The molecule has 0 bridgehead atoms. The van der Waals surface area contributed by atoms with Crippen molar-refractivity contribution < 1.29 is 24.8 Å². The number of rotatable bonds is 6. The Hall–Kier alpha value is -2.64. The second-order valence-electron chi connectivity index (χ2n) is 6.40. The molecule has 1 aliphatic heterocycles. The Morgan fingerprint density at radius 3 is 2.82 bits per heavy atom. The molecule has 5 atom stereocenters. The van der Waals surface area contributed by atoms with Crippen LogP contribution in [0.25, 0.3) is 11.2 Å². The number of aromatic amines is 1. The lowest BCUT2D eigenvalue weighted by atomic mass is 9.94. The molecule has 4 rings (SSSR count). The summed E-state index contributed by atoms with van der Waals surface area (Å²) >= 11 is 0. The number of nitrogens with zero attached hydrogens (tertiary/aromatic N) is 5. The van der Waals surface area contributed by atoms with Crippen LogP contribution < -0.4 is 5.73 Å². The fourth-order valence-electron chi connectivity index (χ4n) is 3.62. The maximum Gasteiger partial charge on any atom is 0.209 e. The molecule has 28 heavy (non-hydrogen) atoms. The normalized spacial score (nSPS) is 28.8. The Morgan fingerprint density at radius 2 is 2.18 bits per heavy atom. The highest BCUT2D eigenvalue weighted by Crippen LogP contribution is 2.47. The van der Waals surface area contributed by atoms with E-state index >= 15 is 0 Å². The van der Waals surface area contributed by atoms with E-state index in [0.29, 0.717) is 11.2 Å². The third-order valence-electron chi connectivity index (χ3n) is 4.88. The molecular formula is C16H21N7O5. The molecule has 0 radical (unpaired) electrons. The van der Waals surface area contributed by atoms with Crippen molar-refractivity contribution in [2.45, 2.75) is 37.1 Å². The second kappa shape index (κ2) is 7.07. The first-order chi connectivity index (χ1) is 13.5. The largest absolute Gasteiger partial charge is 0.394 e. The fraction of sp³-hybridized carbons (Fsp3) is 0.500. The highest BCUT2D eigenvalue weighted by atomic mass is 16.6. The monoisotopic (exact) mass is 391 g/mol. The van der Waals surface area contributed by atoms with Gasteiger partial charge < -0.3 is 35.5 Å². The van der Waals surface area contributed by atoms with Crippen molar-refractivity contribution >= 4 is 17.0 Å². The number of aliphatic hydroxyl groups is 3. The number of nitrogens with one attached hydrogen (secondary N) is 1. The summed E-state index contributed by atoms with van der Waals surface area (Å²) in [6, 6.07) is 0. The van der Waals surface area contributed by atoms with Crippen LogP contribution in [0.15, 0.2) is 25.2 Å². The van der Waals surface area contributed by atoms with Gasteiger partial charge in [0.2, 0.25) is 5.72 Å². The molecule has 1 saturated heterocycles.